The van der Waals surface area contributed by atoms with E-state index in [-0.39, 0.29) is 29.3 Å². The Balaban J connectivity index is 2.97. The van der Waals surface area contributed by atoms with E-state index in [1.54, 1.807) is 24.3 Å². The zero-order chi connectivity index (χ0) is 19.3. The number of nitrogens with zero attached hydrogens (tertiary/aromatic N) is 1. The molecular formula is C18H28ClNO4S. The van der Waals surface area contributed by atoms with Gasteiger partial charge in [-0.15, -0.1) is 11.6 Å². The van der Waals surface area contributed by atoms with Gasteiger partial charge >= 0.3 is 10.1 Å². The summed E-state index contributed by atoms with van der Waals surface area (Å²) >= 11 is 5.96. The zero-order valence-corrected chi connectivity index (χ0v) is 17.2. The van der Waals surface area contributed by atoms with E-state index < -0.39 is 15.5 Å². The molecule has 7 heteroatoms. The van der Waals surface area contributed by atoms with Crippen LogP contribution in [0.5, 0.6) is 5.75 Å². The molecule has 1 amide bonds. The second-order valence-electron chi connectivity index (χ2n) is 6.78. The molecule has 0 aliphatic heterocycles. The maximum absolute atomic E-state index is 12.8. The number of hydrogen-bond donors (Lipinski definition) is 0. The first-order valence-corrected chi connectivity index (χ1v) is 10.6. The van der Waals surface area contributed by atoms with Crippen molar-refractivity contribution in [3.63, 3.8) is 0 Å². The van der Waals surface area contributed by atoms with Crippen molar-refractivity contribution in [3.05, 3.63) is 29.8 Å². The lowest BCUT2D eigenvalue weighted by Gasteiger charge is -2.35. The number of rotatable bonds is 9. The summed E-state index contributed by atoms with van der Waals surface area (Å²) in [5.74, 6) is 0.442. The van der Waals surface area contributed by atoms with Crippen LogP contribution in [-0.4, -0.2) is 36.9 Å². The number of carbonyl (C=O) groups excluding carboxylic acids is 1. The third-order valence-electron chi connectivity index (χ3n) is 4.15. The van der Waals surface area contributed by atoms with Gasteiger partial charge in [-0.25, -0.2) is 0 Å². The summed E-state index contributed by atoms with van der Waals surface area (Å²) in [4.78, 5) is 14.7. The minimum absolute atomic E-state index is 0.00531. The number of alkyl halides is 1. The molecule has 0 aromatic heterocycles. The molecule has 0 bridgehead atoms. The highest BCUT2D eigenvalue weighted by atomic mass is 35.5. The maximum atomic E-state index is 12.8. The smallest absolute Gasteiger partial charge is 0.308 e. The van der Waals surface area contributed by atoms with E-state index in [1.807, 2.05) is 32.6 Å². The third-order valence-corrected chi connectivity index (χ3v) is 5.97. The first kappa shape index (κ1) is 21.8. The molecule has 25 heavy (non-hydrogen) atoms. The fourth-order valence-electron chi connectivity index (χ4n) is 2.15. The predicted octanol–water partition coefficient (Wildman–Crippen LogP) is 3.81. The van der Waals surface area contributed by atoms with Crippen molar-refractivity contribution in [2.24, 2.45) is 5.41 Å². The van der Waals surface area contributed by atoms with Crippen molar-refractivity contribution >= 4 is 27.6 Å². The second kappa shape index (κ2) is 8.90. The Morgan fingerprint density at radius 1 is 1.24 bits per heavy atom. The highest BCUT2D eigenvalue weighted by Crippen LogP contribution is 2.25. The van der Waals surface area contributed by atoms with E-state index in [0.29, 0.717) is 6.54 Å². The van der Waals surface area contributed by atoms with Gasteiger partial charge in [0.2, 0.25) is 5.91 Å². The van der Waals surface area contributed by atoms with Crippen LogP contribution in [0.1, 0.15) is 46.6 Å². The SMILES string of the molecule is CC[C@@H](C)N(Cc1ccc(OS(=O)(=O)CC)cc1)C(=O)C(C)(C)CCl. The molecule has 0 unspecified atom stereocenters. The number of hydrogen-bond acceptors (Lipinski definition) is 4. The predicted molar refractivity (Wildman–Crippen MR) is 101 cm³/mol. The first-order chi connectivity index (χ1) is 11.6. The molecule has 1 atom stereocenters. The van der Waals surface area contributed by atoms with Crippen LogP contribution in [0.2, 0.25) is 0 Å². The van der Waals surface area contributed by atoms with Gasteiger partial charge in [0.05, 0.1) is 11.2 Å². The molecule has 0 saturated carbocycles. The van der Waals surface area contributed by atoms with E-state index in [1.165, 1.54) is 6.92 Å². The Morgan fingerprint density at radius 3 is 2.24 bits per heavy atom. The molecule has 0 aliphatic carbocycles. The van der Waals surface area contributed by atoms with Crippen molar-refractivity contribution in [1.82, 2.24) is 4.90 Å². The van der Waals surface area contributed by atoms with Gasteiger partial charge < -0.3 is 9.08 Å². The summed E-state index contributed by atoms with van der Waals surface area (Å²) in [6.45, 7) is 9.68. The van der Waals surface area contributed by atoms with Gasteiger partial charge in [0.1, 0.15) is 5.75 Å². The van der Waals surface area contributed by atoms with Crippen LogP contribution in [0.4, 0.5) is 0 Å². The van der Waals surface area contributed by atoms with Gasteiger partial charge in [-0.1, -0.05) is 19.1 Å². The minimum atomic E-state index is -3.54. The summed E-state index contributed by atoms with van der Waals surface area (Å²) in [6.07, 6.45) is 0.833. The monoisotopic (exact) mass is 389 g/mol. The van der Waals surface area contributed by atoms with Gasteiger partial charge in [0, 0.05) is 18.5 Å². The van der Waals surface area contributed by atoms with Crippen molar-refractivity contribution in [1.29, 1.82) is 0 Å². The van der Waals surface area contributed by atoms with E-state index in [2.05, 4.69) is 0 Å². The number of benzene rings is 1. The topological polar surface area (TPSA) is 63.7 Å². The van der Waals surface area contributed by atoms with Crippen LogP contribution in [0, 0.1) is 5.41 Å². The van der Waals surface area contributed by atoms with Crippen LogP contribution in [-0.2, 0) is 21.5 Å². The zero-order valence-electron chi connectivity index (χ0n) is 15.6. The van der Waals surface area contributed by atoms with Gasteiger partial charge in [-0.2, -0.15) is 8.42 Å². The number of carbonyl (C=O) groups is 1. The molecule has 1 aromatic rings. The molecule has 5 nitrogen and oxygen atoms in total. The summed E-state index contributed by atoms with van der Waals surface area (Å²) in [5, 5.41) is 0. The normalized spacial score (nSPS) is 13.4. The fraction of sp³-hybridized carbons (Fsp3) is 0.611. The average molecular weight is 390 g/mol. The third kappa shape index (κ3) is 6.19. The maximum Gasteiger partial charge on any atom is 0.308 e. The molecular weight excluding hydrogens is 362 g/mol. The van der Waals surface area contributed by atoms with Crippen molar-refractivity contribution in [2.45, 2.75) is 53.6 Å². The molecule has 0 N–H and O–H groups in total. The van der Waals surface area contributed by atoms with Crippen LogP contribution < -0.4 is 4.18 Å². The molecule has 1 aromatic carbocycles. The molecule has 0 fully saturated rings. The van der Waals surface area contributed by atoms with Crippen molar-refractivity contribution in [3.8, 4) is 5.75 Å². The Kier molecular flexibility index (Phi) is 7.75. The molecule has 0 aliphatic rings. The Bertz CT molecular complexity index is 671. The van der Waals surface area contributed by atoms with Crippen LogP contribution in [0.15, 0.2) is 24.3 Å². The van der Waals surface area contributed by atoms with Gasteiger partial charge in [0.25, 0.3) is 0 Å². The van der Waals surface area contributed by atoms with E-state index >= 15 is 0 Å². The quantitative estimate of drug-likeness (QED) is 0.476. The van der Waals surface area contributed by atoms with Crippen LogP contribution in [0.3, 0.4) is 0 Å². The molecule has 0 saturated heterocycles. The second-order valence-corrected chi connectivity index (χ2v) is 8.91. The minimum Gasteiger partial charge on any atom is -0.382 e. The molecule has 1 rings (SSSR count). The average Bonchev–Trinajstić information content (AvgIpc) is 2.59. The largest absolute Gasteiger partial charge is 0.382 e. The molecule has 0 heterocycles. The van der Waals surface area contributed by atoms with Crippen LogP contribution in [0.25, 0.3) is 0 Å². The lowest BCUT2D eigenvalue weighted by Crippen LogP contribution is -2.45. The van der Waals surface area contributed by atoms with Gasteiger partial charge in [0.15, 0.2) is 0 Å². The van der Waals surface area contributed by atoms with Crippen LogP contribution >= 0.6 is 11.6 Å². The van der Waals surface area contributed by atoms with E-state index in [9.17, 15) is 13.2 Å². The summed E-state index contributed by atoms with van der Waals surface area (Å²) < 4.78 is 28.0. The van der Waals surface area contributed by atoms with E-state index in [0.717, 1.165) is 12.0 Å². The first-order valence-electron chi connectivity index (χ1n) is 8.44. The van der Waals surface area contributed by atoms with Gasteiger partial charge in [-0.3, -0.25) is 4.79 Å². The van der Waals surface area contributed by atoms with E-state index in [4.69, 9.17) is 15.8 Å². The molecule has 0 radical (unpaired) electrons. The van der Waals surface area contributed by atoms with Crippen molar-refractivity contribution in [2.75, 3.05) is 11.6 Å². The molecule has 142 valence electrons. The highest BCUT2D eigenvalue weighted by Gasteiger charge is 2.33. The Labute approximate surface area is 156 Å². The van der Waals surface area contributed by atoms with Gasteiger partial charge in [-0.05, 0) is 51.8 Å². The highest BCUT2D eigenvalue weighted by molar-refractivity contribution is 7.87. The molecule has 0 spiro atoms. The number of halogens is 1. The standard InChI is InChI=1S/C18H28ClNO4S/c1-6-14(3)20(17(21)18(4,5)13-19)12-15-8-10-16(11-9-15)24-25(22,23)7-2/h8-11,14H,6-7,12-13H2,1-5H3/t14-/m1/s1. The lowest BCUT2D eigenvalue weighted by atomic mass is 9.93. The number of amides is 1. The summed E-state index contributed by atoms with van der Waals surface area (Å²) in [6, 6.07) is 6.84. The summed E-state index contributed by atoms with van der Waals surface area (Å²) in [5.41, 5.74) is 0.267. The Morgan fingerprint density at radius 2 is 1.80 bits per heavy atom. The summed E-state index contributed by atoms with van der Waals surface area (Å²) in [7, 11) is -3.54. The fourth-order valence-corrected chi connectivity index (χ4v) is 2.78. The lowest BCUT2D eigenvalue weighted by molar-refractivity contribution is -0.142. The Hall–Kier alpha value is -1.27. The van der Waals surface area contributed by atoms with Crippen molar-refractivity contribution < 1.29 is 17.4 Å².